The largest absolute Gasteiger partial charge is 0.467 e. The number of aryl methyl sites for hydroxylation is 2. The summed E-state index contributed by atoms with van der Waals surface area (Å²) in [5, 5.41) is 2.22. The summed E-state index contributed by atoms with van der Waals surface area (Å²) in [6.07, 6.45) is 4.82. The fourth-order valence-electron chi connectivity index (χ4n) is 3.35. The number of imide groups is 2. The molecule has 29 heavy (non-hydrogen) atoms. The molecule has 1 aliphatic heterocycles. The number of nitrogens with zero attached hydrogens (tertiary/aromatic N) is 2. The van der Waals surface area contributed by atoms with Gasteiger partial charge in [0.1, 0.15) is 11.3 Å². The van der Waals surface area contributed by atoms with E-state index in [9.17, 15) is 14.4 Å². The standard InChI is InChI=1S/C22H19N3O4/c1-14-7-8-19(15(2)11-14)24-9-3-5-16(24)12-18-20(26)23-22(28)25(21(18)27)13-17-6-4-10-29-17/h3-12H,13H2,1-2H3,(H,23,26,28)/b18-12+. The van der Waals surface area contributed by atoms with Crippen LogP contribution in [-0.4, -0.2) is 27.3 Å². The van der Waals surface area contributed by atoms with Crippen molar-refractivity contribution in [2.24, 2.45) is 0 Å². The van der Waals surface area contributed by atoms with Crippen molar-refractivity contribution in [3.63, 3.8) is 0 Å². The van der Waals surface area contributed by atoms with Gasteiger partial charge in [0.05, 0.1) is 12.8 Å². The molecule has 0 unspecified atom stereocenters. The lowest BCUT2D eigenvalue weighted by molar-refractivity contribution is -0.130. The summed E-state index contributed by atoms with van der Waals surface area (Å²) in [6, 6.07) is 12.3. The Morgan fingerprint density at radius 1 is 1.07 bits per heavy atom. The zero-order valence-corrected chi connectivity index (χ0v) is 16.0. The van der Waals surface area contributed by atoms with E-state index in [1.54, 1.807) is 18.2 Å². The van der Waals surface area contributed by atoms with Crippen LogP contribution in [0.2, 0.25) is 0 Å². The number of barbiturate groups is 1. The zero-order chi connectivity index (χ0) is 20.5. The molecule has 3 heterocycles. The minimum absolute atomic E-state index is 0.0552. The molecule has 1 saturated heterocycles. The van der Waals surface area contributed by atoms with Gasteiger partial charge in [-0.05, 0) is 55.8 Å². The molecule has 3 aromatic rings. The number of rotatable bonds is 4. The first-order chi connectivity index (χ1) is 13.9. The Balaban J connectivity index is 1.70. The second-order valence-electron chi connectivity index (χ2n) is 6.88. The lowest BCUT2D eigenvalue weighted by atomic mass is 10.1. The molecule has 0 atom stereocenters. The smallest absolute Gasteiger partial charge is 0.331 e. The third-order valence-electron chi connectivity index (χ3n) is 4.76. The van der Waals surface area contributed by atoms with E-state index in [-0.39, 0.29) is 12.1 Å². The van der Waals surface area contributed by atoms with Gasteiger partial charge in [-0.1, -0.05) is 17.7 Å². The number of hydrogen-bond donors (Lipinski definition) is 1. The first kappa shape index (κ1) is 18.5. The van der Waals surface area contributed by atoms with Gasteiger partial charge >= 0.3 is 6.03 Å². The average molecular weight is 389 g/mol. The van der Waals surface area contributed by atoms with Crippen LogP contribution in [0, 0.1) is 13.8 Å². The van der Waals surface area contributed by atoms with Crippen molar-refractivity contribution < 1.29 is 18.8 Å². The number of amides is 4. The molecule has 4 amide bonds. The molecule has 7 nitrogen and oxygen atoms in total. The maximum Gasteiger partial charge on any atom is 0.331 e. The molecule has 0 aliphatic carbocycles. The molecule has 1 aliphatic rings. The van der Waals surface area contributed by atoms with Crippen LogP contribution in [0.4, 0.5) is 4.79 Å². The van der Waals surface area contributed by atoms with Gasteiger partial charge in [-0.2, -0.15) is 0 Å². The summed E-state index contributed by atoms with van der Waals surface area (Å²) < 4.78 is 7.12. The molecule has 1 aromatic carbocycles. The van der Waals surface area contributed by atoms with E-state index in [4.69, 9.17) is 4.42 Å². The Hall–Kier alpha value is -3.87. The van der Waals surface area contributed by atoms with E-state index in [1.807, 2.05) is 42.8 Å². The van der Waals surface area contributed by atoms with E-state index in [0.29, 0.717) is 11.5 Å². The quantitative estimate of drug-likeness (QED) is 0.548. The average Bonchev–Trinajstić information content (AvgIpc) is 3.34. The Morgan fingerprint density at radius 2 is 1.90 bits per heavy atom. The van der Waals surface area contributed by atoms with E-state index < -0.39 is 17.8 Å². The molecule has 4 rings (SSSR count). The third kappa shape index (κ3) is 3.50. The molecule has 0 saturated carbocycles. The van der Waals surface area contributed by atoms with E-state index in [0.717, 1.165) is 21.7 Å². The van der Waals surface area contributed by atoms with Crippen LogP contribution in [0.5, 0.6) is 0 Å². The fourth-order valence-corrected chi connectivity index (χ4v) is 3.35. The van der Waals surface area contributed by atoms with Gasteiger partial charge in [-0.25, -0.2) is 4.79 Å². The first-order valence-electron chi connectivity index (χ1n) is 9.10. The monoisotopic (exact) mass is 389 g/mol. The Morgan fingerprint density at radius 3 is 2.62 bits per heavy atom. The number of urea groups is 1. The summed E-state index contributed by atoms with van der Waals surface area (Å²) in [4.78, 5) is 38.4. The number of carbonyl (C=O) groups excluding carboxylic acids is 3. The van der Waals surface area contributed by atoms with Gasteiger partial charge in [0.25, 0.3) is 11.8 Å². The number of carbonyl (C=O) groups is 3. The van der Waals surface area contributed by atoms with E-state index >= 15 is 0 Å². The number of hydrogen-bond acceptors (Lipinski definition) is 4. The maximum absolute atomic E-state index is 12.9. The lowest BCUT2D eigenvalue weighted by Gasteiger charge is -2.25. The molecular formula is C22H19N3O4. The van der Waals surface area contributed by atoms with Crippen LogP contribution < -0.4 is 5.32 Å². The highest BCUT2D eigenvalue weighted by Crippen LogP contribution is 2.22. The number of benzene rings is 1. The van der Waals surface area contributed by atoms with E-state index in [2.05, 4.69) is 11.4 Å². The molecule has 2 aromatic heterocycles. The molecule has 0 bridgehead atoms. The molecule has 1 fully saturated rings. The maximum atomic E-state index is 12.9. The van der Waals surface area contributed by atoms with Crippen LogP contribution in [0.1, 0.15) is 22.6 Å². The number of furan rings is 1. The third-order valence-corrected chi connectivity index (χ3v) is 4.76. The van der Waals surface area contributed by atoms with Crippen molar-refractivity contribution in [2.45, 2.75) is 20.4 Å². The minimum Gasteiger partial charge on any atom is -0.467 e. The summed E-state index contributed by atoms with van der Waals surface area (Å²) in [7, 11) is 0. The first-order valence-corrected chi connectivity index (χ1v) is 9.10. The highest BCUT2D eigenvalue weighted by atomic mass is 16.3. The van der Waals surface area contributed by atoms with Crippen molar-refractivity contribution in [3.8, 4) is 5.69 Å². The van der Waals surface area contributed by atoms with Crippen LogP contribution >= 0.6 is 0 Å². The van der Waals surface area contributed by atoms with Crippen LogP contribution in [0.15, 0.2) is 64.9 Å². The molecule has 0 radical (unpaired) electrons. The normalized spacial score (nSPS) is 15.9. The Bertz CT molecular complexity index is 1140. The predicted octanol–water partition coefficient (Wildman–Crippen LogP) is 3.35. The Labute approximate surface area is 167 Å². The molecule has 146 valence electrons. The molecule has 1 N–H and O–H groups in total. The van der Waals surface area contributed by atoms with E-state index in [1.165, 1.54) is 12.3 Å². The van der Waals surface area contributed by atoms with Gasteiger partial charge in [0.2, 0.25) is 0 Å². The SMILES string of the molecule is Cc1ccc(-n2cccc2/C=C2\C(=O)NC(=O)N(Cc3ccco3)C2=O)c(C)c1. The minimum atomic E-state index is -0.765. The Kier molecular flexibility index (Phi) is 4.64. The topological polar surface area (TPSA) is 84.6 Å². The van der Waals surface area contributed by atoms with Gasteiger partial charge in [0.15, 0.2) is 0 Å². The van der Waals surface area contributed by atoms with Crippen molar-refractivity contribution >= 4 is 23.9 Å². The number of aromatic nitrogens is 1. The summed E-state index contributed by atoms with van der Waals surface area (Å²) in [5.74, 6) is -0.937. The molecule has 7 heteroatoms. The van der Waals surface area contributed by atoms with Crippen LogP contribution in [-0.2, 0) is 16.1 Å². The second kappa shape index (κ2) is 7.27. The second-order valence-corrected chi connectivity index (χ2v) is 6.88. The van der Waals surface area contributed by atoms with Gasteiger partial charge in [0, 0.05) is 17.6 Å². The highest BCUT2D eigenvalue weighted by molar-refractivity contribution is 6.30. The van der Waals surface area contributed by atoms with Gasteiger partial charge < -0.3 is 8.98 Å². The molecular weight excluding hydrogens is 370 g/mol. The number of nitrogens with one attached hydrogen (secondary N) is 1. The van der Waals surface area contributed by atoms with Crippen molar-refractivity contribution in [1.82, 2.24) is 14.8 Å². The van der Waals surface area contributed by atoms with Crippen molar-refractivity contribution in [1.29, 1.82) is 0 Å². The van der Waals surface area contributed by atoms with Crippen LogP contribution in [0.25, 0.3) is 11.8 Å². The lowest BCUT2D eigenvalue weighted by Crippen LogP contribution is -2.53. The zero-order valence-electron chi connectivity index (χ0n) is 16.0. The van der Waals surface area contributed by atoms with Crippen LogP contribution in [0.3, 0.4) is 0 Å². The van der Waals surface area contributed by atoms with Gasteiger partial charge in [-0.15, -0.1) is 0 Å². The molecule has 0 spiro atoms. The highest BCUT2D eigenvalue weighted by Gasteiger charge is 2.36. The fraction of sp³-hybridized carbons (Fsp3) is 0.136. The summed E-state index contributed by atoms with van der Waals surface area (Å²) in [5.41, 5.74) is 3.70. The summed E-state index contributed by atoms with van der Waals surface area (Å²) >= 11 is 0. The predicted molar refractivity (Wildman–Crippen MR) is 106 cm³/mol. The van der Waals surface area contributed by atoms with Crippen molar-refractivity contribution in [2.75, 3.05) is 0 Å². The van der Waals surface area contributed by atoms with Gasteiger partial charge in [-0.3, -0.25) is 19.8 Å². The van der Waals surface area contributed by atoms with Crippen molar-refractivity contribution in [3.05, 3.63) is 83.1 Å². The summed E-state index contributed by atoms with van der Waals surface area (Å²) in [6.45, 7) is 3.97.